The van der Waals surface area contributed by atoms with Crippen molar-refractivity contribution in [1.29, 1.82) is 0 Å². The molecule has 0 spiro atoms. The van der Waals surface area contributed by atoms with Gasteiger partial charge >= 0.3 is 0 Å². The van der Waals surface area contributed by atoms with Crippen LogP contribution in [0, 0.1) is 0 Å². The van der Waals surface area contributed by atoms with E-state index < -0.39 is 10.2 Å². The van der Waals surface area contributed by atoms with Gasteiger partial charge in [-0.3, -0.25) is 4.79 Å². The summed E-state index contributed by atoms with van der Waals surface area (Å²) in [6.07, 6.45) is 1.80. The Labute approximate surface area is 168 Å². The molecule has 28 heavy (non-hydrogen) atoms. The number of amides is 1. The van der Waals surface area contributed by atoms with Crippen molar-refractivity contribution in [2.75, 3.05) is 39.3 Å². The quantitative estimate of drug-likeness (QED) is 0.750. The number of benzene rings is 1. The predicted octanol–water partition coefficient (Wildman–Crippen LogP) is 2.09. The Morgan fingerprint density at radius 2 is 1.68 bits per heavy atom. The van der Waals surface area contributed by atoms with E-state index in [0.29, 0.717) is 37.0 Å². The van der Waals surface area contributed by atoms with Crippen LogP contribution in [0.3, 0.4) is 0 Å². The minimum atomic E-state index is -3.43. The molecular weight excluding hydrogens is 404 g/mol. The Morgan fingerprint density at radius 1 is 1.00 bits per heavy atom. The van der Waals surface area contributed by atoms with E-state index in [0.717, 1.165) is 18.4 Å². The third kappa shape index (κ3) is 3.80. The van der Waals surface area contributed by atoms with Crippen molar-refractivity contribution in [3.8, 4) is 11.3 Å². The second-order valence-corrected chi connectivity index (χ2v) is 9.26. The number of rotatable bonds is 4. The van der Waals surface area contributed by atoms with E-state index in [9.17, 15) is 13.2 Å². The number of piperazine rings is 1. The second-order valence-electron chi connectivity index (χ2n) is 6.89. The van der Waals surface area contributed by atoms with Gasteiger partial charge in [-0.25, -0.2) is 0 Å². The van der Waals surface area contributed by atoms with Crippen molar-refractivity contribution in [1.82, 2.24) is 18.7 Å². The maximum absolute atomic E-state index is 12.7. The Hall–Kier alpha value is -1.94. The van der Waals surface area contributed by atoms with E-state index >= 15 is 0 Å². The number of hydrogen-bond donors (Lipinski definition) is 0. The van der Waals surface area contributed by atoms with Crippen molar-refractivity contribution in [3.05, 3.63) is 41.0 Å². The minimum Gasteiger partial charge on any atom is -0.355 e. The van der Waals surface area contributed by atoms with E-state index in [1.165, 1.54) is 8.61 Å². The number of carbonyl (C=O) groups excluding carboxylic acids is 1. The lowest BCUT2D eigenvalue weighted by atomic mass is 10.1. The van der Waals surface area contributed by atoms with Gasteiger partial charge in [0.05, 0.1) is 0 Å². The first-order chi connectivity index (χ1) is 13.4. The molecule has 0 unspecified atom stereocenters. The lowest BCUT2D eigenvalue weighted by Gasteiger charge is -2.35. The smallest absolute Gasteiger partial charge is 0.282 e. The predicted molar refractivity (Wildman–Crippen MR) is 104 cm³/mol. The first kappa shape index (κ1) is 19.4. The third-order valence-electron chi connectivity index (χ3n) is 5.08. The van der Waals surface area contributed by atoms with Crippen LogP contribution in [-0.2, 0) is 10.2 Å². The first-order valence-electron chi connectivity index (χ1n) is 9.22. The Kier molecular flexibility index (Phi) is 5.42. The molecule has 2 aromatic rings. The molecule has 10 heteroatoms. The van der Waals surface area contributed by atoms with Crippen molar-refractivity contribution in [2.24, 2.45) is 0 Å². The molecule has 2 fully saturated rings. The summed E-state index contributed by atoms with van der Waals surface area (Å²) < 4.78 is 33.5. The van der Waals surface area contributed by atoms with Crippen LogP contribution in [-0.4, -0.2) is 72.3 Å². The SMILES string of the molecule is O=C(c1cc(-c2cccc(Cl)c2)on1)N1CCN(S(=O)(=O)N2CCCC2)CC1. The number of hydrogen-bond acceptors (Lipinski definition) is 5. The van der Waals surface area contributed by atoms with Crippen LogP contribution in [0.25, 0.3) is 11.3 Å². The van der Waals surface area contributed by atoms with E-state index in [-0.39, 0.29) is 24.7 Å². The number of nitrogens with zero attached hydrogens (tertiary/aromatic N) is 4. The summed E-state index contributed by atoms with van der Waals surface area (Å²) in [5, 5.41) is 4.45. The summed E-state index contributed by atoms with van der Waals surface area (Å²) in [5.41, 5.74) is 0.936. The summed E-state index contributed by atoms with van der Waals surface area (Å²) in [6.45, 7) is 2.36. The minimum absolute atomic E-state index is 0.200. The number of halogens is 1. The van der Waals surface area contributed by atoms with Crippen LogP contribution in [0.1, 0.15) is 23.3 Å². The number of aromatic nitrogens is 1. The maximum Gasteiger partial charge on any atom is 0.282 e. The lowest BCUT2D eigenvalue weighted by molar-refractivity contribution is 0.0684. The fourth-order valence-electron chi connectivity index (χ4n) is 3.52. The van der Waals surface area contributed by atoms with E-state index in [2.05, 4.69) is 5.16 Å². The zero-order valence-electron chi connectivity index (χ0n) is 15.3. The Bertz CT molecular complexity index is 963. The van der Waals surface area contributed by atoms with Gasteiger partial charge in [-0.15, -0.1) is 0 Å². The van der Waals surface area contributed by atoms with Gasteiger partial charge in [-0.05, 0) is 25.0 Å². The fourth-order valence-corrected chi connectivity index (χ4v) is 5.38. The Balaban J connectivity index is 1.40. The highest BCUT2D eigenvalue weighted by atomic mass is 35.5. The molecule has 150 valence electrons. The average molecular weight is 425 g/mol. The van der Waals surface area contributed by atoms with Crippen molar-refractivity contribution in [3.63, 3.8) is 0 Å². The molecular formula is C18H21ClN4O4S. The molecule has 0 aliphatic carbocycles. The molecule has 3 heterocycles. The van der Waals surface area contributed by atoms with E-state index in [4.69, 9.17) is 16.1 Å². The molecule has 0 radical (unpaired) electrons. The van der Waals surface area contributed by atoms with Gasteiger partial charge < -0.3 is 9.42 Å². The maximum atomic E-state index is 12.7. The number of carbonyl (C=O) groups is 1. The third-order valence-corrected chi connectivity index (χ3v) is 7.35. The summed E-state index contributed by atoms with van der Waals surface area (Å²) in [7, 11) is -3.43. The van der Waals surface area contributed by atoms with Gasteiger partial charge in [0.1, 0.15) is 0 Å². The van der Waals surface area contributed by atoms with Crippen LogP contribution >= 0.6 is 11.6 Å². The zero-order valence-corrected chi connectivity index (χ0v) is 16.8. The average Bonchev–Trinajstić information content (AvgIpc) is 3.40. The van der Waals surface area contributed by atoms with Crippen LogP contribution in [0.4, 0.5) is 0 Å². The van der Waals surface area contributed by atoms with Crippen LogP contribution in [0.2, 0.25) is 5.02 Å². The lowest BCUT2D eigenvalue weighted by Crippen LogP contribution is -2.53. The molecule has 1 aromatic carbocycles. The largest absolute Gasteiger partial charge is 0.355 e. The van der Waals surface area contributed by atoms with Gasteiger partial charge in [0.15, 0.2) is 11.5 Å². The van der Waals surface area contributed by atoms with Crippen LogP contribution in [0.5, 0.6) is 0 Å². The second kappa shape index (κ2) is 7.82. The topological polar surface area (TPSA) is 87.0 Å². The van der Waals surface area contributed by atoms with Gasteiger partial charge in [0.2, 0.25) is 0 Å². The molecule has 0 saturated carbocycles. The molecule has 1 amide bonds. The van der Waals surface area contributed by atoms with Crippen molar-refractivity contribution >= 4 is 27.7 Å². The monoisotopic (exact) mass is 424 g/mol. The summed E-state index contributed by atoms with van der Waals surface area (Å²) in [5.74, 6) is 0.191. The standard InChI is InChI=1S/C18H21ClN4O4S/c19-15-5-3-4-14(12-15)17-13-16(20-27-17)18(24)21-8-10-23(11-9-21)28(25,26)22-6-1-2-7-22/h3-5,12-13H,1-2,6-11H2. The first-order valence-corrected chi connectivity index (χ1v) is 11.0. The zero-order chi connectivity index (χ0) is 19.7. The van der Waals surface area contributed by atoms with Gasteiger partial charge in [-0.1, -0.05) is 28.9 Å². The highest BCUT2D eigenvalue weighted by molar-refractivity contribution is 7.86. The summed E-state index contributed by atoms with van der Waals surface area (Å²) in [4.78, 5) is 14.3. The molecule has 8 nitrogen and oxygen atoms in total. The summed E-state index contributed by atoms with van der Waals surface area (Å²) in [6, 6.07) is 8.69. The summed E-state index contributed by atoms with van der Waals surface area (Å²) >= 11 is 5.99. The normalized spacial score (nSPS) is 19.2. The molecule has 0 bridgehead atoms. The highest BCUT2D eigenvalue weighted by Gasteiger charge is 2.35. The van der Waals surface area contributed by atoms with Crippen molar-refractivity contribution < 1.29 is 17.7 Å². The van der Waals surface area contributed by atoms with Gasteiger partial charge in [0, 0.05) is 55.9 Å². The van der Waals surface area contributed by atoms with Crippen molar-refractivity contribution in [2.45, 2.75) is 12.8 Å². The van der Waals surface area contributed by atoms with Crippen LogP contribution in [0.15, 0.2) is 34.9 Å². The highest BCUT2D eigenvalue weighted by Crippen LogP contribution is 2.24. The molecule has 1 aromatic heterocycles. The van der Waals surface area contributed by atoms with E-state index in [1.807, 2.05) is 6.07 Å². The fraction of sp³-hybridized carbons (Fsp3) is 0.444. The molecule has 2 aliphatic heterocycles. The molecule has 0 atom stereocenters. The van der Waals surface area contributed by atoms with Gasteiger partial charge in [-0.2, -0.15) is 17.0 Å². The molecule has 0 N–H and O–H groups in total. The molecule has 2 saturated heterocycles. The molecule has 4 rings (SSSR count). The van der Waals surface area contributed by atoms with E-state index in [1.54, 1.807) is 29.2 Å². The van der Waals surface area contributed by atoms with Gasteiger partial charge in [0.25, 0.3) is 16.1 Å². The Morgan fingerprint density at radius 3 is 2.36 bits per heavy atom. The molecule has 2 aliphatic rings. The van der Waals surface area contributed by atoms with Crippen LogP contribution < -0.4 is 0 Å².